The predicted octanol–water partition coefficient (Wildman–Crippen LogP) is -0.260. The molecule has 21 heavy (non-hydrogen) atoms. The minimum Gasteiger partial charge on any atom is -0.445 e. The SMILES string of the molecule is C[C@@H]1OC(O)[C@H](O)[C@H](NC(=O)OCc2ccccc2)[C@H]1O. The zero-order valence-corrected chi connectivity index (χ0v) is 11.5. The van der Waals surface area contributed by atoms with Gasteiger partial charge in [0.05, 0.1) is 12.1 Å². The number of hydrogen-bond acceptors (Lipinski definition) is 6. The van der Waals surface area contributed by atoms with Crippen molar-refractivity contribution in [2.45, 2.75) is 44.2 Å². The molecule has 116 valence electrons. The van der Waals surface area contributed by atoms with Gasteiger partial charge in [0.1, 0.15) is 18.8 Å². The molecule has 0 radical (unpaired) electrons. The maximum atomic E-state index is 11.7. The first-order valence-corrected chi connectivity index (χ1v) is 6.66. The predicted molar refractivity (Wildman–Crippen MR) is 72.1 cm³/mol. The number of nitrogens with one attached hydrogen (secondary N) is 1. The second kappa shape index (κ2) is 6.86. The van der Waals surface area contributed by atoms with Gasteiger partial charge in [0.25, 0.3) is 0 Å². The van der Waals surface area contributed by atoms with Crippen LogP contribution in [0.25, 0.3) is 0 Å². The molecule has 0 aromatic heterocycles. The molecule has 1 saturated heterocycles. The Morgan fingerprint density at radius 1 is 1.24 bits per heavy atom. The molecule has 1 amide bonds. The molecule has 1 aliphatic rings. The molecule has 1 aromatic rings. The summed E-state index contributed by atoms with van der Waals surface area (Å²) in [6.45, 7) is 1.60. The van der Waals surface area contributed by atoms with Gasteiger partial charge in [-0.2, -0.15) is 0 Å². The summed E-state index contributed by atoms with van der Waals surface area (Å²) < 4.78 is 9.92. The Hall–Kier alpha value is -1.67. The Bertz CT molecular complexity index is 454. The smallest absolute Gasteiger partial charge is 0.407 e. The summed E-state index contributed by atoms with van der Waals surface area (Å²) in [5.74, 6) is 0. The van der Waals surface area contributed by atoms with E-state index in [0.29, 0.717) is 0 Å². The third-order valence-electron chi connectivity index (χ3n) is 3.36. The van der Waals surface area contributed by atoms with Crippen molar-refractivity contribution in [3.05, 3.63) is 35.9 Å². The number of alkyl carbamates (subject to hydrolysis) is 1. The molecule has 4 N–H and O–H groups in total. The highest BCUT2D eigenvalue weighted by Crippen LogP contribution is 2.19. The average molecular weight is 297 g/mol. The largest absolute Gasteiger partial charge is 0.445 e. The number of hydrogen-bond donors (Lipinski definition) is 4. The quantitative estimate of drug-likeness (QED) is 0.612. The van der Waals surface area contributed by atoms with Crippen molar-refractivity contribution in [3.63, 3.8) is 0 Å². The molecule has 0 aliphatic carbocycles. The van der Waals surface area contributed by atoms with Gasteiger partial charge in [-0.15, -0.1) is 0 Å². The summed E-state index contributed by atoms with van der Waals surface area (Å²) >= 11 is 0. The standard InChI is InChI=1S/C14H19NO6/c1-8-11(16)10(12(17)13(18)21-8)15-14(19)20-7-9-5-3-2-4-6-9/h2-6,8,10-13,16-18H,7H2,1H3,(H,15,19)/t8-,10+,11-,12+,13?/m0/s1. The van der Waals surface area contributed by atoms with Crippen molar-refractivity contribution in [1.82, 2.24) is 5.32 Å². The number of ether oxygens (including phenoxy) is 2. The Balaban J connectivity index is 1.89. The molecule has 1 fully saturated rings. The molecule has 7 heteroatoms. The van der Waals surface area contributed by atoms with Gasteiger partial charge in [0, 0.05) is 0 Å². The summed E-state index contributed by atoms with van der Waals surface area (Å²) in [6.07, 6.45) is -5.55. The molecule has 5 atom stereocenters. The molecule has 0 bridgehead atoms. The second-order valence-corrected chi connectivity index (χ2v) is 4.94. The van der Waals surface area contributed by atoms with Crippen LogP contribution >= 0.6 is 0 Å². The molecule has 2 rings (SSSR count). The fourth-order valence-corrected chi connectivity index (χ4v) is 2.12. The highest BCUT2D eigenvalue weighted by atomic mass is 16.6. The minimum absolute atomic E-state index is 0.0696. The van der Waals surface area contributed by atoms with Crippen LogP contribution in [0.5, 0.6) is 0 Å². The van der Waals surface area contributed by atoms with E-state index in [0.717, 1.165) is 5.56 Å². The summed E-state index contributed by atoms with van der Waals surface area (Å²) in [6, 6.07) is 8.03. The van der Waals surface area contributed by atoms with Crippen LogP contribution in [0.4, 0.5) is 4.79 Å². The van der Waals surface area contributed by atoms with Crippen molar-refractivity contribution in [2.75, 3.05) is 0 Å². The van der Waals surface area contributed by atoms with Crippen LogP contribution in [0, 0.1) is 0 Å². The van der Waals surface area contributed by atoms with Crippen molar-refractivity contribution in [1.29, 1.82) is 0 Å². The summed E-state index contributed by atoms with van der Waals surface area (Å²) in [5.41, 5.74) is 0.814. The lowest BCUT2D eigenvalue weighted by molar-refractivity contribution is -0.250. The van der Waals surface area contributed by atoms with Gasteiger partial charge >= 0.3 is 6.09 Å². The van der Waals surface area contributed by atoms with E-state index in [9.17, 15) is 20.1 Å². The lowest BCUT2D eigenvalue weighted by atomic mass is 9.97. The maximum Gasteiger partial charge on any atom is 0.407 e. The molecule has 0 saturated carbocycles. The number of aliphatic hydroxyl groups excluding tert-OH is 3. The van der Waals surface area contributed by atoms with Gasteiger partial charge in [0.15, 0.2) is 6.29 Å². The molecular formula is C14H19NO6. The summed E-state index contributed by atoms with van der Waals surface area (Å²) in [7, 11) is 0. The van der Waals surface area contributed by atoms with Gasteiger partial charge < -0.3 is 30.1 Å². The van der Waals surface area contributed by atoms with Crippen molar-refractivity contribution in [3.8, 4) is 0 Å². The third kappa shape index (κ3) is 3.92. The van der Waals surface area contributed by atoms with Crippen LogP contribution in [0.3, 0.4) is 0 Å². The van der Waals surface area contributed by atoms with Crippen LogP contribution in [-0.2, 0) is 16.1 Å². The third-order valence-corrected chi connectivity index (χ3v) is 3.36. The van der Waals surface area contributed by atoms with E-state index in [4.69, 9.17) is 9.47 Å². The molecule has 1 heterocycles. The number of carbonyl (C=O) groups is 1. The maximum absolute atomic E-state index is 11.7. The van der Waals surface area contributed by atoms with Crippen LogP contribution < -0.4 is 5.32 Å². The van der Waals surface area contributed by atoms with Crippen LogP contribution in [0.15, 0.2) is 30.3 Å². The van der Waals surface area contributed by atoms with Crippen LogP contribution in [-0.4, -0.2) is 52.1 Å². The zero-order valence-electron chi connectivity index (χ0n) is 11.5. The zero-order chi connectivity index (χ0) is 15.4. The normalized spacial score (nSPS) is 32.5. The number of aliphatic hydroxyl groups is 3. The Morgan fingerprint density at radius 3 is 2.57 bits per heavy atom. The fraction of sp³-hybridized carbons (Fsp3) is 0.500. The number of rotatable bonds is 3. The average Bonchev–Trinajstić information content (AvgIpc) is 2.48. The van der Waals surface area contributed by atoms with Crippen LogP contribution in [0.2, 0.25) is 0 Å². The van der Waals surface area contributed by atoms with Gasteiger partial charge in [-0.25, -0.2) is 4.79 Å². The lowest BCUT2D eigenvalue weighted by Crippen LogP contribution is -2.63. The van der Waals surface area contributed by atoms with E-state index >= 15 is 0 Å². The first-order valence-electron chi connectivity index (χ1n) is 6.66. The minimum atomic E-state index is -1.47. The molecule has 1 aromatic carbocycles. The van der Waals surface area contributed by atoms with Gasteiger partial charge in [-0.1, -0.05) is 30.3 Å². The molecule has 1 unspecified atom stereocenters. The number of amides is 1. The van der Waals surface area contributed by atoms with Gasteiger partial charge in [-0.3, -0.25) is 0 Å². The van der Waals surface area contributed by atoms with E-state index in [1.165, 1.54) is 6.92 Å². The number of carbonyl (C=O) groups excluding carboxylic acids is 1. The van der Waals surface area contributed by atoms with Crippen molar-refractivity contribution in [2.24, 2.45) is 0 Å². The molecule has 7 nitrogen and oxygen atoms in total. The van der Waals surface area contributed by atoms with E-state index < -0.39 is 36.7 Å². The van der Waals surface area contributed by atoms with E-state index in [1.807, 2.05) is 18.2 Å². The molecule has 1 aliphatic heterocycles. The van der Waals surface area contributed by atoms with E-state index in [2.05, 4.69) is 5.32 Å². The molecule has 0 spiro atoms. The monoisotopic (exact) mass is 297 g/mol. The lowest BCUT2D eigenvalue weighted by Gasteiger charge is -2.39. The van der Waals surface area contributed by atoms with Crippen molar-refractivity contribution >= 4 is 6.09 Å². The van der Waals surface area contributed by atoms with E-state index in [-0.39, 0.29) is 6.61 Å². The fourth-order valence-electron chi connectivity index (χ4n) is 2.12. The van der Waals surface area contributed by atoms with Crippen LogP contribution in [0.1, 0.15) is 12.5 Å². The van der Waals surface area contributed by atoms with Gasteiger partial charge in [0.2, 0.25) is 0 Å². The second-order valence-electron chi connectivity index (χ2n) is 4.94. The Morgan fingerprint density at radius 2 is 1.90 bits per heavy atom. The Labute approximate surface area is 122 Å². The first kappa shape index (κ1) is 15.7. The topological polar surface area (TPSA) is 108 Å². The highest BCUT2D eigenvalue weighted by Gasteiger charge is 2.43. The van der Waals surface area contributed by atoms with Gasteiger partial charge in [-0.05, 0) is 12.5 Å². The number of benzene rings is 1. The molecular weight excluding hydrogens is 278 g/mol. The highest BCUT2D eigenvalue weighted by molar-refractivity contribution is 5.67. The first-order chi connectivity index (χ1) is 9.99. The summed E-state index contributed by atoms with van der Waals surface area (Å²) in [5, 5.41) is 31.5. The Kier molecular flexibility index (Phi) is 5.13. The summed E-state index contributed by atoms with van der Waals surface area (Å²) in [4.78, 5) is 11.7. The van der Waals surface area contributed by atoms with Crippen molar-refractivity contribution < 1.29 is 29.6 Å². The van der Waals surface area contributed by atoms with E-state index in [1.54, 1.807) is 12.1 Å².